The number of nitrogens with zero attached hydrogens (tertiary/aromatic N) is 2. The molecular formula is C14H15N2NaO4. The molecule has 0 unspecified atom stereocenters. The third kappa shape index (κ3) is 3.23. The van der Waals surface area contributed by atoms with Gasteiger partial charge in [-0.05, 0) is 18.4 Å². The van der Waals surface area contributed by atoms with E-state index >= 15 is 0 Å². The molecule has 2 aliphatic heterocycles. The van der Waals surface area contributed by atoms with Gasteiger partial charge >= 0.3 is 35.6 Å². The monoisotopic (exact) mass is 298 g/mol. The molecule has 106 valence electrons. The van der Waals surface area contributed by atoms with Crippen LogP contribution in [0.1, 0.15) is 18.4 Å². The van der Waals surface area contributed by atoms with Crippen LogP contribution < -0.4 is 34.7 Å². The first kappa shape index (κ1) is 16.3. The van der Waals surface area contributed by atoms with Crippen molar-refractivity contribution in [2.24, 2.45) is 0 Å². The van der Waals surface area contributed by atoms with E-state index in [2.05, 4.69) is 0 Å². The van der Waals surface area contributed by atoms with Crippen LogP contribution in [0.15, 0.2) is 30.3 Å². The molecule has 0 aromatic heterocycles. The minimum absolute atomic E-state index is 0. The molecule has 0 saturated carbocycles. The van der Waals surface area contributed by atoms with Crippen molar-refractivity contribution in [2.45, 2.75) is 31.5 Å². The van der Waals surface area contributed by atoms with Crippen molar-refractivity contribution in [2.75, 3.05) is 6.54 Å². The van der Waals surface area contributed by atoms with Crippen molar-refractivity contribution in [1.29, 1.82) is 0 Å². The quantitative estimate of drug-likeness (QED) is 0.561. The Morgan fingerprint density at radius 3 is 2.67 bits per heavy atom. The molecule has 0 aliphatic carbocycles. The largest absolute Gasteiger partial charge is 1.00 e. The molecule has 0 N–H and O–H groups in total. The summed E-state index contributed by atoms with van der Waals surface area (Å²) in [4.78, 5) is 30.1. The molecule has 2 heterocycles. The zero-order valence-electron chi connectivity index (χ0n) is 11.9. The van der Waals surface area contributed by atoms with Crippen LogP contribution >= 0.6 is 0 Å². The fourth-order valence-electron chi connectivity index (χ4n) is 2.76. The van der Waals surface area contributed by atoms with Crippen LogP contribution in [-0.2, 0) is 16.2 Å². The first-order valence-electron chi connectivity index (χ1n) is 6.64. The summed E-state index contributed by atoms with van der Waals surface area (Å²) < 4.78 is 0. The Hall–Kier alpha value is -1.08. The van der Waals surface area contributed by atoms with E-state index in [0.29, 0.717) is 26.0 Å². The minimum atomic E-state index is -1.19. The standard InChI is InChI=1S/C14H16N2O4.Na/c17-13(18)12-7-6-11-8-15(12)14(19)16(11)20-9-10-4-2-1-3-5-10;/h1-5,11-12H,6-9H2,(H,17,18);/q;+1/p-1/t11-,12+;/m1./s1. The molecule has 7 heteroatoms. The SMILES string of the molecule is O=C([O-])[C@@H]1CC[C@@H]2CN1C(=O)N2OCc1ccccc1.[Na+]. The van der Waals surface area contributed by atoms with Gasteiger partial charge in [0.2, 0.25) is 0 Å². The average molecular weight is 298 g/mol. The van der Waals surface area contributed by atoms with E-state index in [1.165, 1.54) is 9.96 Å². The van der Waals surface area contributed by atoms with E-state index in [1.54, 1.807) is 0 Å². The van der Waals surface area contributed by atoms with Crippen LogP contribution in [0.5, 0.6) is 0 Å². The number of hydrogen-bond donors (Lipinski definition) is 0. The number of rotatable bonds is 4. The molecule has 2 amide bonds. The Morgan fingerprint density at radius 1 is 1.29 bits per heavy atom. The van der Waals surface area contributed by atoms with E-state index in [4.69, 9.17) is 4.84 Å². The van der Waals surface area contributed by atoms with Crippen molar-refractivity contribution < 1.29 is 49.1 Å². The van der Waals surface area contributed by atoms with Gasteiger partial charge in [0.15, 0.2) is 0 Å². The second-order valence-corrected chi connectivity index (χ2v) is 5.09. The van der Waals surface area contributed by atoms with E-state index in [-0.39, 0.29) is 41.6 Å². The number of benzene rings is 1. The number of carboxylic acid groups (broad SMARTS) is 1. The number of carbonyl (C=O) groups excluding carboxylic acids is 2. The maximum absolute atomic E-state index is 12.2. The molecule has 3 rings (SSSR count). The average Bonchev–Trinajstić information content (AvgIpc) is 2.70. The molecule has 2 aliphatic rings. The normalized spacial score (nSPS) is 23.9. The van der Waals surface area contributed by atoms with Gasteiger partial charge in [0, 0.05) is 6.54 Å². The predicted octanol–water partition coefficient (Wildman–Crippen LogP) is -2.86. The second kappa shape index (κ2) is 6.79. The topological polar surface area (TPSA) is 72.9 Å². The maximum atomic E-state index is 12.2. The predicted molar refractivity (Wildman–Crippen MR) is 67.0 cm³/mol. The van der Waals surface area contributed by atoms with Crippen molar-refractivity contribution in [3.8, 4) is 0 Å². The number of carboxylic acids is 1. The summed E-state index contributed by atoms with van der Waals surface area (Å²) in [6.07, 6.45) is 1.04. The van der Waals surface area contributed by atoms with Crippen molar-refractivity contribution in [1.82, 2.24) is 9.96 Å². The number of hydroxylamine groups is 2. The molecule has 1 aromatic carbocycles. The molecule has 0 radical (unpaired) electrons. The first-order valence-corrected chi connectivity index (χ1v) is 6.64. The van der Waals surface area contributed by atoms with Gasteiger partial charge in [-0.1, -0.05) is 30.3 Å². The zero-order valence-corrected chi connectivity index (χ0v) is 13.9. The molecule has 2 fully saturated rings. The molecule has 1 aromatic rings. The minimum Gasteiger partial charge on any atom is -0.548 e. The smallest absolute Gasteiger partial charge is 0.548 e. The molecule has 21 heavy (non-hydrogen) atoms. The number of hydrogen-bond acceptors (Lipinski definition) is 4. The van der Waals surface area contributed by atoms with Crippen molar-refractivity contribution >= 4 is 12.0 Å². The fourth-order valence-corrected chi connectivity index (χ4v) is 2.76. The van der Waals surface area contributed by atoms with Crippen LogP contribution in [0.4, 0.5) is 4.79 Å². The molecule has 2 bridgehead atoms. The Bertz CT molecular complexity index is 525. The van der Waals surface area contributed by atoms with Crippen molar-refractivity contribution in [3.63, 3.8) is 0 Å². The molecule has 0 spiro atoms. The van der Waals surface area contributed by atoms with Crippen LogP contribution in [0.3, 0.4) is 0 Å². The summed E-state index contributed by atoms with van der Waals surface area (Å²) in [6, 6.07) is 8.27. The third-order valence-electron chi connectivity index (χ3n) is 3.81. The Labute approximate surface area is 144 Å². The van der Waals surface area contributed by atoms with Gasteiger partial charge < -0.3 is 14.8 Å². The fraction of sp³-hybridized carbons (Fsp3) is 0.429. The van der Waals surface area contributed by atoms with Gasteiger partial charge in [0.1, 0.15) is 6.61 Å². The van der Waals surface area contributed by atoms with E-state index in [0.717, 1.165) is 5.56 Å². The number of fused-ring (bicyclic) bond motifs is 2. The van der Waals surface area contributed by atoms with Gasteiger partial charge in [-0.15, -0.1) is 0 Å². The van der Waals surface area contributed by atoms with Gasteiger partial charge in [-0.2, -0.15) is 5.06 Å². The number of piperidine rings is 1. The van der Waals surface area contributed by atoms with Crippen molar-refractivity contribution in [3.05, 3.63) is 35.9 Å². The van der Waals surface area contributed by atoms with E-state index in [9.17, 15) is 14.7 Å². The first-order chi connectivity index (χ1) is 9.66. The van der Waals surface area contributed by atoms with Gasteiger partial charge in [-0.3, -0.25) is 4.84 Å². The van der Waals surface area contributed by atoms with Crippen LogP contribution in [0, 0.1) is 0 Å². The summed E-state index contributed by atoms with van der Waals surface area (Å²) in [7, 11) is 0. The molecule has 2 saturated heterocycles. The third-order valence-corrected chi connectivity index (χ3v) is 3.81. The number of urea groups is 1. The Kier molecular flexibility index (Phi) is 5.27. The number of amides is 2. The summed E-state index contributed by atoms with van der Waals surface area (Å²) in [5, 5.41) is 12.3. The second-order valence-electron chi connectivity index (χ2n) is 5.09. The van der Waals surface area contributed by atoms with E-state index in [1.807, 2.05) is 30.3 Å². The van der Waals surface area contributed by atoms with Crippen LogP contribution in [0.2, 0.25) is 0 Å². The van der Waals surface area contributed by atoms with Gasteiger partial charge in [0.05, 0.1) is 18.1 Å². The van der Waals surface area contributed by atoms with Gasteiger partial charge in [-0.25, -0.2) is 4.79 Å². The zero-order chi connectivity index (χ0) is 14.1. The van der Waals surface area contributed by atoms with E-state index < -0.39 is 12.0 Å². The summed E-state index contributed by atoms with van der Waals surface area (Å²) in [5.74, 6) is -1.19. The van der Waals surface area contributed by atoms with Crippen LogP contribution in [-0.4, -0.2) is 40.6 Å². The summed E-state index contributed by atoms with van der Waals surface area (Å²) in [6.45, 7) is 0.694. The summed E-state index contributed by atoms with van der Waals surface area (Å²) in [5.41, 5.74) is 0.966. The number of carbonyl (C=O) groups is 2. The molecular weight excluding hydrogens is 283 g/mol. The maximum Gasteiger partial charge on any atom is 1.00 e. The Morgan fingerprint density at radius 2 is 2.00 bits per heavy atom. The van der Waals surface area contributed by atoms with Crippen LogP contribution in [0.25, 0.3) is 0 Å². The summed E-state index contributed by atoms with van der Waals surface area (Å²) >= 11 is 0. The Balaban J connectivity index is 0.00000161. The molecule has 2 atom stereocenters. The molecule has 6 nitrogen and oxygen atoms in total. The number of aliphatic carboxylic acids is 1. The van der Waals surface area contributed by atoms with Gasteiger partial charge in [0.25, 0.3) is 0 Å².